The standard InChI is InChI=1S/C14H19ClN2O2/c1-10-3-4-13(9-16-10)19-12-5-7-17(8-6-12)14(18)11(2)15/h3-4,9,11-12H,5-8H2,1-2H3. The molecule has 0 aromatic carbocycles. The first-order chi connectivity index (χ1) is 9.06. The van der Waals surface area contributed by atoms with Gasteiger partial charge in [-0.05, 0) is 26.0 Å². The summed E-state index contributed by atoms with van der Waals surface area (Å²) >= 11 is 5.81. The fourth-order valence-electron chi connectivity index (χ4n) is 2.16. The van der Waals surface area contributed by atoms with Crippen LogP contribution in [-0.2, 0) is 4.79 Å². The van der Waals surface area contributed by atoms with Crippen LogP contribution in [0.5, 0.6) is 5.75 Å². The quantitative estimate of drug-likeness (QED) is 0.800. The van der Waals surface area contributed by atoms with E-state index in [4.69, 9.17) is 16.3 Å². The molecule has 4 nitrogen and oxygen atoms in total. The maximum Gasteiger partial charge on any atom is 0.240 e. The van der Waals surface area contributed by atoms with Gasteiger partial charge in [0.1, 0.15) is 17.2 Å². The summed E-state index contributed by atoms with van der Waals surface area (Å²) in [4.78, 5) is 17.8. The Balaban J connectivity index is 1.83. The second kappa shape index (κ2) is 6.24. The molecule has 1 atom stereocenters. The molecule has 0 bridgehead atoms. The Morgan fingerprint density at radius 3 is 2.68 bits per heavy atom. The van der Waals surface area contributed by atoms with Gasteiger partial charge >= 0.3 is 0 Å². The molecule has 1 aromatic heterocycles. The number of piperidine rings is 1. The van der Waals surface area contributed by atoms with E-state index in [9.17, 15) is 4.79 Å². The molecule has 1 aliphatic rings. The molecular weight excluding hydrogens is 264 g/mol. The minimum Gasteiger partial charge on any atom is -0.489 e. The van der Waals surface area contributed by atoms with Gasteiger partial charge in [-0.2, -0.15) is 0 Å². The van der Waals surface area contributed by atoms with Crippen molar-refractivity contribution in [2.45, 2.75) is 38.2 Å². The van der Waals surface area contributed by atoms with E-state index in [0.29, 0.717) is 13.1 Å². The smallest absolute Gasteiger partial charge is 0.240 e. The fraction of sp³-hybridized carbons (Fsp3) is 0.571. The van der Waals surface area contributed by atoms with Gasteiger partial charge in [-0.15, -0.1) is 11.6 Å². The van der Waals surface area contributed by atoms with Crippen molar-refractivity contribution in [3.05, 3.63) is 24.0 Å². The van der Waals surface area contributed by atoms with Crippen LogP contribution in [-0.4, -0.2) is 40.4 Å². The molecule has 1 aromatic rings. The van der Waals surface area contributed by atoms with E-state index < -0.39 is 5.38 Å². The third-order valence-electron chi connectivity index (χ3n) is 3.28. The third kappa shape index (κ3) is 3.83. The maximum atomic E-state index is 11.7. The van der Waals surface area contributed by atoms with Crippen LogP contribution in [0.4, 0.5) is 0 Å². The number of aromatic nitrogens is 1. The van der Waals surface area contributed by atoms with E-state index in [-0.39, 0.29) is 12.0 Å². The van der Waals surface area contributed by atoms with E-state index in [0.717, 1.165) is 24.3 Å². The molecule has 1 saturated heterocycles. The molecule has 1 amide bonds. The maximum absolute atomic E-state index is 11.7. The van der Waals surface area contributed by atoms with Crippen molar-refractivity contribution in [3.8, 4) is 5.75 Å². The highest BCUT2D eigenvalue weighted by atomic mass is 35.5. The first kappa shape index (κ1) is 14.1. The largest absolute Gasteiger partial charge is 0.489 e. The lowest BCUT2D eigenvalue weighted by atomic mass is 10.1. The summed E-state index contributed by atoms with van der Waals surface area (Å²) in [6, 6.07) is 3.86. The number of aryl methyl sites for hydroxylation is 1. The number of likely N-dealkylation sites (tertiary alicyclic amines) is 1. The predicted molar refractivity (Wildman–Crippen MR) is 74.5 cm³/mol. The first-order valence-electron chi connectivity index (χ1n) is 6.58. The van der Waals surface area contributed by atoms with Crippen LogP contribution in [0.2, 0.25) is 0 Å². The molecule has 0 radical (unpaired) electrons. The summed E-state index contributed by atoms with van der Waals surface area (Å²) in [6.07, 6.45) is 3.57. The number of carbonyl (C=O) groups is 1. The molecule has 0 aliphatic carbocycles. The Morgan fingerprint density at radius 2 is 2.16 bits per heavy atom. The molecule has 1 aliphatic heterocycles. The van der Waals surface area contributed by atoms with Crippen LogP contribution in [0.25, 0.3) is 0 Å². The highest BCUT2D eigenvalue weighted by molar-refractivity contribution is 6.30. The van der Waals surface area contributed by atoms with E-state index in [1.165, 1.54) is 0 Å². The number of rotatable bonds is 3. The van der Waals surface area contributed by atoms with Gasteiger partial charge in [0, 0.05) is 31.6 Å². The molecule has 0 saturated carbocycles. The number of amides is 1. The molecule has 2 heterocycles. The number of hydrogen-bond donors (Lipinski definition) is 0. The molecule has 2 rings (SSSR count). The van der Waals surface area contributed by atoms with Gasteiger partial charge in [0.15, 0.2) is 0 Å². The zero-order valence-electron chi connectivity index (χ0n) is 11.3. The van der Waals surface area contributed by atoms with Gasteiger partial charge < -0.3 is 9.64 Å². The number of ether oxygens (including phenoxy) is 1. The Hall–Kier alpha value is -1.29. The van der Waals surface area contributed by atoms with Crippen molar-refractivity contribution in [2.75, 3.05) is 13.1 Å². The number of hydrogen-bond acceptors (Lipinski definition) is 3. The monoisotopic (exact) mass is 282 g/mol. The first-order valence-corrected chi connectivity index (χ1v) is 7.02. The van der Waals surface area contributed by atoms with Gasteiger partial charge in [-0.3, -0.25) is 9.78 Å². The molecule has 5 heteroatoms. The van der Waals surface area contributed by atoms with Crippen LogP contribution in [0.15, 0.2) is 18.3 Å². The molecule has 0 N–H and O–H groups in total. The zero-order valence-corrected chi connectivity index (χ0v) is 12.1. The zero-order chi connectivity index (χ0) is 13.8. The minimum absolute atomic E-state index is 0.0112. The van der Waals surface area contributed by atoms with Crippen molar-refractivity contribution >= 4 is 17.5 Å². The number of alkyl halides is 1. The van der Waals surface area contributed by atoms with Gasteiger partial charge in [0.05, 0.1) is 6.20 Å². The van der Waals surface area contributed by atoms with Crippen molar-refractivity contribution in [1.82, 2.24) is 9.88 Å². The number of halogens is 1. The lowest BCUT2D eigenvalue weighted by Crippen LogP contribution is -2.44. The summed E-state index contributed by atoms with van der Waals surface area (Å²) in [5, 5.41) is -0.446. The Labute approximate surface area is 118 Å². The summed E-state index contributed by atoms with van der Waals surface area (Å²) in [6.45, 7) is 5.07. The normalized spacial score (nSPS) is 18.2. The predicted octanol–water partition coefficient (Wildman–Crippen LogP) is 2.39. The Bertz CT molecular complexity index is 426. The number of pyridine rings is 1. The van der Waals surface area contributed by atoms with E-state index in [2.05, 4.69) is 4.98 Å². The topological polar surface area (TPSA) is 42.4 Å². The number of nitrogens with zero attached hydrogens (tertiary/aromatic N) is 2. The molecule has 1 unspecified atom stereocenters. The van der Waals surface area contributed by atoms with E-state index in [1.807, 2.05) is 24.0 Å². The summed E-state index contributed by atoms with van der Waals surface area (Å²) in [7, 11) is 0. The van der Waals surface area contributed by atoms with Crippen molar-refractivity contribution < 1.29 is 9.53 Å². The van der Waals surface area contributed by atoms with Crippen LogP contribution >= 0.6 is 11.6 Å². The van der Waals surface area contributed by atoms with Gasteiger partial charge in [-0.25, -0.2) is 0 Å². The highest BCUT2D eigenvalue weighted by Crippen LogP contribution is 2.19. The Morgan fingerprint density at radius 1 is 1.47 bits per heavy atom. The minimum atomic E-state index is -0.446. The molecular formula is C14H19ClN2O2. The average molecular weight is 283 g/mol. The lowest BCUT2D eigenvalue weighted by Gasteiger charge is -2.32. The van der Waals surface area contributed by atoms with Crippen LogP contribution in [0.1, 0.15) is 25.5 Å². The molecule has 19 heavy (non-hydrogen) atoms. The van der Waals surface area contributed by atoms with E-state index in [1.54, 1.807) is 13.1 Å². The lowest BCUT2D eigenvalue weighted by molar-refractivity contribution is -0.132. The van der Waals surface area contributed by atoms with Crippen LogP contribution < -0.4 is 4.74 Å². The molecule has 104 valence electrons. The van der Waals surface area contributed by atoms with Crippen molar-refractivity contribution in [1.29, 1.82) is 0 Å². The SMILES string of the molecule is Cc1ccc(OC2CCN(C(=O)C(C)Cl)CC2)cn1. The van der Waals surface area contributed by atoms with Crippen LogP contribution in [0.3, 0.4) is 0 Å². The van der Waals surface area contributed by atoms with Crippen molar-refractivity contribution in [2.24, 2.45) is 0 Å². The highest BCUT2D eigenvalue weighted by Gasteiger charge is 2.25. The molecule has 1 fully saturated rings. The number of carbonyl (C=O) groups excluding carboxylic acids is 1. The summed E-state index contributed by atoms with van der Waals surface area (Å²) in [5.74, 6) is 0.804. The second-order valence-corrected chi connectivity index (χ2v) is 5.55. The Kier molecular flexibility index (Phi) is 4.64. The fourth-order valence-corrected chi connectivity index (χ4v) is 2.30. The second-order valence-electron chi connectivity index (χ2n) is 4.89. The summed E-state index contributed by atoms with van der Waals surface area (Å²) in [5.41, 5.74) is 0.976. The van der Waals surface area contributed by atoms with Gasteiger partial charge in [0.25, 0.3) is 0 Å². The molecule has 0 spiro atoms. The van der Waals surface area contributed by atoms with Gasteiger partial charge in [0.2, 0.25) is 5.91 Å². The van der Waals surface area contributed by atoms with Crippen LogP contribution in [0, 0.1) is 6.92 Å². The summed E-state index contributed by atoms with van der Waals surface area (Å²) < 4.78 is 5.87. The third-order valence-corrected chi connectivity index (χ3v) is 3.47. The average Bonchev–Trinajstić information content (AvgIpc) is 2.41. The van der Waals surface area contributed by atoms with Crippen molar-refractivity contribution in [3.63, 3.8) is 0 Å². The van der Waals surface area contributed by atoms with E-state index >= 15 is 0 Å². The van der Waals surface area contributed by atoms with Gasteiger partial charge in [-0.1, -0.05) is 0 Å².